The number of sulfonamides is 1. The molecule has 0 fully saturated rings. The van der Waals surface area contributed by atoms with Gasteiger partial charge in [0.2, 0.25) is 10.0 Å². The van der Waals surface area contributed by atoms with Crippen LogP contribution in [0.4, 0.5) is 0 Å². The van der Waals surface area contributed by atoms with Crippen molar-refractivity contribution in [2.45, 2.75) is 25.7 Å². The molecule has 0 saturated heterocycles. The van der Waals surface area contributed by atoms with Crippen molar-refractivity contribution in [3.63, 3.8) is 0 Å². The van der Waals surface area contributed by atoms with Crippen molar-refractivity contribution in [2.24, 2.45) is 11.7 Å². The van der Waals surface area contributed by atoms with Crippen LogP contribution >= 0.6 is 12.2 Å². The first-order valence-electron chi connectivity index (χ1n) is 6.05. The van der Waals surface area contributed by atoms with Crippen molar-refractivity contribution >= 4 is 27.2 Å². The molecule has 0 bridgehead atoms. The topological polar surface area (TPSA) is 76.3 Å². The van der Waals surface area contributed by atoms with Crippen molar-refractivity contribution in [1.82, 2.24) is 9.29 Å². The lowest BCUT2D eigenvalue weighted by Crippen LogP contribution is -2.35. The molecule has 0 amide bonds. The number of aromatic nitrogens is 1. The molecule has 0 aliphatic rings. The summed E-state index contributed by atoms with van der Waals surface area (Å²) in [5.41, 5.74) is 5.69. The Morgan fingerprint density at radius 3 is 2.63 bits per heavy atom. The molecule has 1 aromatic heterocycles. The smallest absolute Gasteiger partial charge is 0.245 e. The van der Waals surface area contributed by atoms with Crippen molar-refractivity contribution in [3.05, 3.63) is 24.0 Å². The van der Waals surface area contributed by atoms with Gasteiger partial charge in [-0.1, -0.05) is 33.0 Å². The third kappa shape index (κ3) is 3.71. The standard InChI is InChI=1S/C12H19N3O2S2/c1-4-15(8-9(2)3)19(16,17)10-6-5-7-14-11(10)12(13)18/h5-7,9H,4,8H2,1-3H3,(H2,13,18). The molecule has 2 N–H and O–H groups in total. The first-order chi connectivity index (χ1) is 8.80. The van der Waals surface area contributed by atoms with E-state index in [1.165, 1.54) is 16.6 Å². The maximum atomic E-state index is 12.6. The maximum Gasteiger partial charge on any atom is 0.245 e. The monoisotopic (exact) mass is 301 g/mol. The zero-order valence-electron chi connectivity index (χ0n) is 11.3. The van der Waals surface area contributed by atoms with E-state index in [4.69, 9.17) is 18.0 Å². The summed E-state index contributed by atoms with van der Waals surface area (Å²) in [5.74, 6) is 0.236. The summed E-state index contributed by atoms with van der Waals surface area (Å²) < 4.78 is 26.6. The molecule has 0 radical (unpaired) electrons. The second kappa shape index (κ2) is 6.40. The van der Waals surface area contributed by atoms with Crippen LogP contribution in [-0.2, 0) is 10.0 Å². The van der Waals surface area contributed by atoms with E-state index in [2.05, 4.69) is 4.98 Å². The van der Waals surface area contributed by atoms with Crippen LogP contribution in [-0.4, -0.2) is 35.8 Å². The van der Waals surface area contributed by atoms with Crippen molar-refractivity contribution < 1.29 is 8.42 Å². The molecule has 1 rings (SSSR count). The van der Waals surface area contributed by atoms with Crippen LogP contribution in [0.2, 0.25) is 0 Å². The number of pyridine rings is 1. The summed E-state index contributed by atoms with van der Waals surface area (Å²) in [7, 11) is -3.62. The molecule has 0 atom stereocenters. The van der Waals surface area contributed by atoms with E-state index in [9.17, 15) is 8.42 Å². The van der Waals surface area contributed by atoms with E-state index >= 15 is 0 Å². The van der Waals surface area contributed by atoms with Crippen molar-refractivity contribution in [3.8, 4) is 0 Å². The van der Waals surface area contributed by atoms with Crippen molar-refractivity contribution in [2.75, 3.05) is 13.1 Å². The Hall–Kier alpha value is -1.05. The molecule has 106 valence electrons. The van der Waals surface area contributed by atoms with Crippen LogP contribution in [0.25, 0.3) is 0 Å². The molecule has 0 spiro atoms. The van der Waals surface area contributed by atoms with E-state index in [0.717, 1.165) is 0 Å². The quantitative estimate of drug-likeness (QED) is 0.803. The predicted octanol–water partition coefficient (Wildman–Crippen LogP) is 1.38. The van der Waals surface area contributed by atoms with Gasteiger partial charge >= 0.3 is 0 Å². The van der Waals surface area contributed by atoms with E-state index in [0.29, 0.717) is 13.1 Å². The molecule has 0 saturated carbocycles. The lowest BCUT2D eigenvalue weighted by molar-refractivity contribution is 0.380. The van der Waals surface area contributed by atoms with Gasteiger partial charge in [0.15, 0.2) is 0 Å². The van der Waals surface area contributed by atoms with E-state index in [-0.39, 0.29) is 21.5 Å². The Morgan fingerprint density at radius 1 is 1.53 bits per heavy atom. The Kier molecular flexibility index (Phi) is 5.39. The van der Waals surface area contributed by atoms with Gasteiger partial charge in [0, 0.05) is 19.3 Å². The van der Waals surface area contributed by atoms with E-state index in [1.54, 1.807) is 13.0 Å². The van der Waals surface area contributed by atoms with Gasteiger partial charge in [-0.2, -0.15) is 4.31 Å². The third-order valence-electron chi connectivity index (χ3n) is 2.54. The number of nitrogens with zero attached hydrogens (tertiary/aromatic N) is 2. The third-order valence-corrected chi connectivity index (χ3v) is 4.71. The summed E-state index contributed by atoms with van der Waals surface area (Å²) in [6.45, 7) is 6.58. The van der Waals surface area contributed by atoms with Gasteiger partial charge in [0.1, 0.15) is 15.6 Å². The Bertz CT molecular complexity index is 556. The zero-order chi connectivity index (χ0) is 14.6. The highest BCUT2D eigenvalue weighted by Gasteiger charge is 2.27. The molecule has 7 heteroatoms. The van der Waals surface area contributed by atoms with E-state index in [1.807, 2.05) is 13.8 Å². The number of thiocarbonyl (C=S) groups is 1. The molecular weight excluding hydrogens is 282 g/mol. The van der Waals surface area contributed by atoms with Gasteiger partial charge in [-0.15, -0.1) is 0 Å². The average Bonchev–Trinajstić information content (AvgIpc) is 2.35. The fourth-order valence-corrected chi connectivity index (χ4v) is 3.72. The average molecular weight is 301 g/mol. The number of hydrogen-bond acceptors (Lipinski definition) is 4. The van der Waals surface area contributed by atoms with Gasteiger partial charge in [-0.05, 0) is 18.1 Å². The van der Waals surface area contributed by atoms with Crippen LogP contribution < -0.4 is 5.73 Å². The minimum absolute atomic E-state index is 0.0141. The summed E-state index contributed by atoms with van der Waals surface area (Å²) in [4.78, 5) is 4.03. The van der Waals surface area contributed by atoms with Gasteiger partial charge < -0.3 is 5.73 Å². The second-order valence-electron chi connectivity index (χ2n) is 4.56. The predicted molar refractivity (Wildman–Crippen MR) is 79.4 cm³/mol. The summed E-state index contributed by atoms with van der Waals surface area (Å²) in [6.07, 6.45) is 1.48. The van der Waals surface area contributed by atoms with Crippen LogP contribution in [0, 0.1) is 5.92 Å². The van der Waals surface area contributed by atoms with Gasteiger partial charge in [-0.3, -0.25) is 4.98 Å². The first-order valence-corrected chi connectivity index (χ1v) is 7.90. The molecule has 0 unspecified atom stereocenters. The Balaban J connectivity index is 3.30. The zero-order valence-corrected chi connectivity index (χ0v) is 13.0. The van der Waals surface area contributed by atoms with Crippen LogP contribution in [0.5, 0.6) is 0 Å². The Morgan fingerprint density at radius 2 is 2.16 bits per heavy atom. The summed E-state index contributed by atoms with van der Waals surface area (Å²) >= 11 is 4.86. The van der Waals surface area contributed by atoms with Gasteiger partial charge in [0.05, 0.1) is 0 Å². The Labute approximate surface area is 119 Å². The molecule has 1 aromatic rings. The highest BCUT2D eigenvalue weighted by molar-refractivity contribution is 7.89. The maximum absolute atomic E-state index is 12.6. The molecule has 0 aliphatic carbocycles. The molecule has 1 heterocycles. The number of nitrogens with two attached hydrogens (primary N) is 1. The number of rotatable bonds is 6. The first kappa shape index (κ1) is 16.0. The highest BCUT2D eigenvalue weighted by atomic mass is 32.2. The van der Waals surface area contributed by atoms with Crippen LogP contribution in [0.3, 0.4) is 0 Å². The summed E-state index contributed by atoms with van der Waals surface area (Å²) in [5, 5.41) is 0. The second-order valence-corrected chi connectivity index (χ2v) is 6.91. The van der Waals surface area contributed by atoms with Crippen LogP contribution in [0.15, 0.2) is 23.2 Å². The number of hydrogen-bond donors (Lipinski definition) is 1. The molecule has 0 aromatic carbocycles. The fourth-order valence-electron chi connectivity index (χ4n) is 1.73. The largest absolute Gasteiger partial charge is 0.388 e. The van der Waals surface area contributed by atoms with Gasteiger partial charge in [0.25, 0.3) is 0 Å². The van der Waals surface area contributed by atoms with Gasteiger partial charge in [-0.25, -0.2) is 8.42 Å². The minimum Gasteiger partial charge on any atom is -0.388 e. The van der Waals surface area contributed by atoms with Crippen molar-refractivity contribution in [1.29, 1.82) is 0 Å². The molecular formula is C12H19N3O2S2. The lowest BCUT2D eigenvalue weighted by Gasteiger charge is -2.23. The fraction of sp³-hybridized carbons (Fsp3) is 0.500. The van der Waals surface area contributed by atoms with Crippen LogP contribution in [0.1, 0.15) is 26.5 Å². The lowest BCUT2D eigenvalue weighted by atomic mass is 10.2. The summed E-state index contributed by atoms with van der Waals surface area (Å²) in [6, 6.07) is 3.05. The normalized spacial score (nSPS) is 12.1. The molecule has 5 nitrogen and oxygen atoms in total. The minimum atomic E-state index is -3.62. The molecule has 19 heavy (non-hydrogen) atoms. The molecule has 0 aliphatic heterocycles. The van der Waals surface area contributed by atoms with E-state index < -0.39 is 10.0 Å². The SMILES string of the molecule is CCN(CC(C)C)S(=O)(=O)c1cccnc1C(N)=S. The highest BCUT2D eigenvalue weighted by Crippen LogP contribution is 2.19.